The molecule has 1 aromatic carbocycles. The number of ether oxygens (including phenoxy) is 1. The van der Waals surface area contributed by atoms with Crippen LogP contribution < -0.4 is 10.9 Å². The van der Waals surface area contributed by atoms with Gasteiger partial charge >= 0.3 is 5.97 Å². The number of hydrogen-bond acceptors (Lipinski definition) is 7. The molecule has 8 nitrogen and oxygen atoms in total. The quantitative estimate of drug-likeness (QED) is 0.523. The maximum Gasteiger partial charge on any atom is 0.338 e. The molecule has 9 heteroatoms. The Labute approximate surface area is 177 Å². The molecule has 0 fully saturated rings. The molecule has 0 saturated carbocycles. The third-order valence-corrected chi connectivity index (χ3v) is 5.28. The summed E-state index contributed by atoms with van der Waals surface area (Å²) in [5.41, 5.74) is 1.05. The Hall–Kier alpha value is -3.07. The van der Waals surface area contributed by atoms with Gasteiger partial charge in [-0.2, -0.15) is 9.61 Å². The largest absolute Gasteiger partial charge is 0.456 e. The number of rotatable bonds is 9. The van der Waals surface area contributed by atoms with Crippen LogP contribution in [0.25, 0.3) is 4.96 Å². The highest BCUT2D eigenvalue weighted by Crippen LogP contribution is 2.15. The van der Waals surface area contributed by atoms with Crippen LogP contribution >= 0.6 is 11.3 Å². The second-order valence-corrected chi connectivity index (χ2v) is 7.87. The van der Waals surface area contributed by atoms with E-state index >= 15 is 0 Å². The van der Waals surface area contributed by atoms with Gasteiger partial charge in [0, 0.05) is 24.6 Å². The molecule has 2 aromatic heterocycles. The van der Waals surface area contributed by atoms with Crippen molar-refractivity contribution in [1.82, 2.24) is 14.6 Å². The Morgan fingerprint density at radius 3 is 2.63 bits per heavy atom. The first kappa shape index (κ1) is 21.6. The van der Waals surface area contributed by atoms with Crippen molar-refractivity contribution >= 4 is 33.9 Å². The summed E-state index contributed by atoms with van der Waals surface area (Å²) in [6.45, 7) is 3.92. The fourth-order valence-electron chi connectivity index (χ4n) is 2.76. The SMILES string of the molecule is CCCCc1nn2c(=O)cc(COC(=O)c3ccc(NC(=O)CCC)cc3)nc2s1. The number of carbonyl (C=O) groups excluding carboxylic acids is 2. The first-order chi connectivity index (χ1) is 14.5. The monoisotopic (exact) mass is 428 g/mol. The number of aromatic nitrogens is 3. The molecule has 3 rings (SSSR count). The van der Waals surface area contributed by atoms with Gasteiger partial charge in [-0.3, -0.25) is 9.59 Å². The molecule has 2 heterocycles. The molecule has 0 aliphatic rings. The summed E-state index contributed by atoms with van der Waals surface area (Å²) in [4.78, 5) is 41.1. The van der Waals surface area contributed by atoms with E-state index in [1.165, 1.54) is 21.9 Å². The minimum absolute atomic E-state index is 0.0681. The second-order valence-electron chi connectivity index (χ2n) is 6.83. The number of nitrogens with one attached hydrogen (secondary N) is 1. The van der Waals surface area contributed by atoms with Gasteiger partial charge in [-0.15, -0.1) is 0 Å². The summed E-state index contributed by atoms with van der Waals surface area (Å²) in [5, 5.41) is 7.92. The van der Waals surface area contributed by atoms with Gasteiger partial charge in [-0.25, -0.2) is 9.78 Å². The van der Waals surface area contributed by atoms with Crippen LogP contribution in [0, 0.1) is 0 Å². The van der Waals surface area contributed by atoms with E-state index in [9.17, 15) is 14.4 Å². The van der Waals surface area contributed by atoms with Crippen molar-refractivity contribution in [2.24, 2.45) is 0 Å². The van der Waals surface area contributed by atoms with Crippen LogP contribution in [0.15, 0.2) is 35.1 Å². The molecule has 0 atom stereocenters. The number of aryl methyl sites for hydroxylation is 1. The number of nitrogens with zero attached hydrogens (tertiary/aromatic N) is 3. The average Bonchev–Trinajstić information content (AvgIpc) is 3.15. The number of anilines is 1. The third kappa shape index (κ3) is 5.50. The van der Waals surface area contributed by atoms with Gasteiger partial charge in [-0.1, -0.05) is 31.6 Å². The molecule has 0 bridgehead atoms. The summed E-state index contributed by atoms with van der Waals surface area (Å²) >= 11 is 1.37. The molecule has 158 valence electrons. The molecule has 30 heavy (non-hydrogen) atoms. The van der Waals surface area contributed by atoms with Crippen molar-refractivity contribution < 1.29 is 14.3 Å². The molecular weight excluding hydrogens is 404 g/mol. The Balaban J connectivity index is 1.63. The van der Waals surface area contributed by atoms with Crippen LogP contribution in [0.4, 0.5) is 5.69 Å². The van der Waals surface area contributed by atoms with E-state index in [-0.39, 0.29) is 18.1 Å². The molecule has 0 spiro atoms. The van der Waals surface area contributed by atoms with Gasteiger partial charge in [0.2, 0.25) is 10.9 Å². The maximum atomic E-state index is 12.3. The lowest BCUT2D eigenvalue weighted by molar-refractivity contribution is -0.116. The second kappa shape index (κ2) is 10.1. The number of carbonyl (C=O) groups is 2. The molecule has 3 aromatic rings. The lowest BCUT2D eigenvalue weighted by Crippen LogP contribution is -2.16. The summed E-state index contributed by atoms with van der Waals surface area (Å²) < 4.78 is 6.58. The van der Waals surface area contributed by atoms with Gasteiger partial charge < -0.3 is 10.1 Å². The van der Waals surface area contributed by atoms with E-state index in [0.717, 1.165) is 30.7 Å². The zero-order valence-electron chi connectivity index (χ0n) is 17.0. The van der Waals surface area contributed by atoms with Crippen LogP contribution in [0.5, 0.6) is 0 Å². The van der Waals surface area contributed by atoms with Crippen molar-refractivity contribution in [2.45, 2.75) is 52.6 Å². The number of esters is 1. The molecule has 0 saturated heterocycles. The molecule has 0 unspecified atom stereocenters. The van der Waals surface area contributed by atoms with Crippen molar-refractivity contribution in [3.8, 4) is 0 Å². The first-order valence-electron chi connectivity index (χ1n) is 9.96. The Kier molecular flexibility index (Phi) is 7.29. The number of benzene rings is 1. The topological polar surface area (TPSA) is 103 Å². The number of unbranched alkanes of at least 4 members (excludes halogenated alkanes) is 1. The summed E-state index contributed by atoms with van der Waals surface area (Å²) in [6, 6.07) is 7.79. The summed E-state index contributed by atoms with van der Waals surface area (Å²) in [7, 11) is 0. The third-order valence-electron chi connectivity index (χ3n) is 4.32. The lowest BCUT2D eigenvalue weighted by Gasteiger charge is -2.07. The highest BCUT2D eigenvalue weighted by molar-refractivity contribution is 7.16. The van der Waals surface area contributed by atoms with E-state index in [0.29, 0.717) is 28.3 Å². The predicted octanol–water partition coefficient (Wildman–Crippen LogP) is 3.59. The van der Waals surface area contributed by atoms with Crippen molar-refractivity contribution in [3.05, 3.63) is 57.0 Å². The zero-order chi connectivity index (χ0) is 21.5. The van der Waals surface area contributed by atoms with E-state index in [1.54, 1.807) is 24.3 Å². The summed E-state index contributed by atoms with van der Waals surface area (Å²) in [5.74, 6) is -0.599. The van der Waals surface area contributed by atoms with Crippen molar-refractivity contribution in [1.29, 1.82) is 0 Å². The Morgan fingerprint density at radius 2 is 1.93 bits per heavy atom. The van der Waals surface area contributed by atoms with Gasteiger partial charge in [-0.05, 0) is 37.1 Å². The smallest absolute Gasteiger partial charge is 0.338 e. The van der Waals surface area contributed by atoms with Gasteiger partial charge in [0.15, 0.2) is 0 Å². The summed E-state index contributed by atoms with van der Waals surface area (Å²) in [6.07, 6.45) is 4.07. The molecule has 1 amide bonds. The highest BCUT2D eigenvalue weighted by atomic mass is 32.1. The maximum absolute atomic E-state index is 12.3. The van der Waals surface area contributed by atoms with Crippen LogP contribution in [0.3, 0.4) is 0 Å². The van der Waals surface area contributed by atoms with Crippen molar-refractivity contribution in [3.63, 3.8) is 0 Å². The molecular formula is C21H24N4O4S. The van der Waals surface area contributed by atoms with Gasteiger partial charge in [0.05, 0.1) is 11.3 Å². The standard InChI is InChI=1S/C21H24N4O4S/c1-3-5-7-18-24-25-19(27)12-16(23-21(25)30-18)13-29-20(28)14-8-10-15(11-9-14)22-17(26)6-4-2/h8-12H,3-7,13H2,1-2H3,(H,22,26). The minimum Gasteiger partial charge on any atom is -0.456 e. The van der Waals surface area contributed by atoms with E-state index < -0.39 is 5.97 Å². The van der Waals surface area contributed by atoms with Crippen LogP contribution in [-0.4, -0.2) is 26.5 Å². The molecule has 0 aliphatic heterocycles. The lowest BCUT2D eigenvalue weighted by atomic mass is 10.2. The van der Waals surface area contributed by atoms with Gasteiger partial charge in [0.1, 0.15) is 11.6 Å². The van der Waals surface area contributed by atoms with E-state index in [2.05, 4.69) is 22.3 Å². The number of hydrogen-bond donors (Lipinski definition) is 1. The minimum atomic E-state index is -0.531. The number of amides is 1. The van der Waals surface area contributed by atoms with Crippen LogP contribution in [0.1, 0.15) is 60.6 Å². The van der Waals surface area contributed by atoms with Crippen molar-refractivity contribution in [2.75, 3.05) is 5.32 Å². The Bertz CT molecular complexity index is 1090. The Morgan fingerprint density at radius 1 is 1.17 bits per heavy atom. The highest BCUT2D eigenvalue weighted by Gasteiger charge is 2.12. The normalized spacial score (nSPS) is 10.9. The van der Waals surface area contributed by atoms with E-state index in [1.807, 2.05) is 6.92 Å². The number of fused-ring (bicyclic) bond motifs is 1. The fraction of sp³-hybridized carbons (Fsp3) is 0.381. The van der Waals surface area contributed by atoms with E-state index in [4.69, 9.17) is 4.74 Å². The predicted molar refractivity (Wildman–Crippen MR) is 115 cm³/mol. The fourth-order valence-corrected chi connectivity index (χ4v) is 3.72. The zero-order valence-corrected chi connectivity index (χ0v) is 17.8. The molecule has 1 N–H and O–H groups in total. The average molecular weight is 429 g/mol. The molecule has 0 aliphatic carbocycles. The first-order valence-corrected chi connectivity index (χ1v) is 10.8. The van der Waals surface area contributed by atoms with Crippen LogP contribution in [0.2, 0.25) is 0 Å². The van der Waals surface area contributed by atoms with Crippen LogP contribution in [-0.2, 0) is 22.6 Å². The molecule has 0 radical (unpaired) electrons. The van der Waals surface area contributed by atoms with Gasteiger partial charge in [0.25, 0.3) is 5.56 Å².